The monoisotopic (exact) mass is 308 g/mol. The van der Waals surface area contributed by atoms with Crippen molar-refractivity contribution in [1.29, 1.82) is 0 Å². The third-order valence-corrected chi connectivity index (χ3v) is 4.34. The van der Waals surface area contributed by atoms with Gasteiger partial charge in [0.1, 0.15) is 12.4 Å². The van der Waals surface area contributed by atoms with Crippen molar-refractivity contribution in [3.8, 4) is 5.75 Å². The van der Waals surface area contributed by atoms with Crippen LogP contribution in [0, 0.1) is 5.92 Å². The van der Waals surface area contributed by atoms with Crippen LogP contribution in [-0.2, 0) is 10.2 Å². The maximum atomic E-state index is 8.62. The van der Waals surface area contributed by atoms with Crippen molar-refractivity contribution in [2.75, 3.05) is 26.4 Å². The second kappa shape index (κ2) is 9.86. The van der Waals surface area contributed by atoms with E-state index in [1.54, 1.807) is 0 Å². The summed E-state index contributed by atoms with van der Waals surface area (Å²) < 4.78 is 10.8. The Bertz CT molecular complexity index is 400. The Morgan fingerprint density at radius 1 is 1.09 bits per heavy atom. The van der Waals surface area contributed by atoms with E-state index in [-0.39, 0.29) is 12.0 Å². The van der Waals surface area contributed by atoms with Gasteiger partial charge in [-0.1, -0.05) is 46.2 Å². The first-order valence-corrected chi connectivity index (χ1v) is 8.43. The number of aliphatic hydroxyl groups is 1. The van der Waals surface area contributed by atoms with Crippen LogP contribution >= 0.6 is 0 Å². The van der Waals surface area contributed by atoms with Gasteiger partial charge in [-0.05, 0) is 41.9 Å². The summed E-state index contributed by atoms with van der Waals surface area (Å²) in [5, 5.41) is 8.62. The first kappa shape index (κ1) is 19.0. The Balaban J connectivity index is 2.54. The molecule has 1 atom stereocenters. The van der Waals surface area contributed by atoms with Gasteiger partial charge in [0.25, 0.3) is 0 Å². The van der Waals surface area contributed by atoms with Gasteiger partial charge in [0.15, 0.2) is 0 Å². The van der Waals surface area contributed by atoms with E-state index in [4.69, 9.17) is 14.6 Å². The van der Waals surface area contributed by atoms with Gasteiger partial charge < -0.3 is 14.6 Å². The number of hydrogen-bond donors (Lipinski definition) is 1. The van der Waals surface area contributed by atoms with Crippen LogP contribution in [0.15, 0.2) is 24.3 Å². The van der Waals surface area contributed by atoms with Crippen LogP contribution in [0.25, 0.3) is 0 Å². The van der Waals surface area contributed by atoms with E-state index >= 15 is 0 Å². The minimum atomic E-state index is 0.0562. The van der Waals surface area contributed by atoms with E-state index in [0.717, 1.165) is 18.1 Å². The Kier molecular flexibility index (Phi) is 8.51. The zero-order valence-corrected chi connectivity index (χ0v) is 14.6. The fraction of sp³-hybridized carbons (Fsp3) is 0.684. The Morgan fingerprint density at radius 2 is 1.77 bits per heavy atom. The SMILES string of the molecule is CC[C@@](C)(CCC(C)C)c1ccc(OCCOCCO)cc1. The van der Waals surface area contributed by atoms with Crippen molar-refractivity contribution in [1.82, 2.24) is 0 Å². The molecule has 0 bridgehead atoms. The number of aliphatic hydroxyl groups excluding tert-OH is 1. The Labute approximate surface area is 135 Å². The highest BCUT2D eigenvalue weighted by molar-refractivity contribution is 5.32. The predicted molar refractivity (Wildman–Crippen MR) is 91.6 cm³/mol. The summed E-state index contributed by atoms with van der Waals surface area (Å²) in [6, 6.07) is 8.47. The lowest BCUT2D eigenvalue weighted by atomic mass is 9.75. The van der Waals surface area contributed by atoms with Gasteiger partial charge in [0.05, 0.1) is 19.8 Å². The lowest BCUT2D eigenvalue weighted by molar-refractivity contribution is 0.0705. The molecule has 0 saturated carbocycles. The average Bonchev–Trinajstić information content (AvgIpc) is 2.53. The van der Waals surface area contributed by atoms with Crippen molar-refractivity contribution in [2.45, 2.75) is 52.4 Å². The molecule has 0 unspecified atom stereocenters. The molecule has 0 saturated heterocycles. The molecule has 0 spiro atoms. The van der Waals surface area contributed by atoms with Gasteiger partial charge in [-0.15, -0.1) is 0 Å². The number of benzene rings is 1. The predicted octanol–water partition coefficient (Wildman–Crippen LogP) is 4.18. The van der Waals surface area contributed by atoms with Crippen LogP contribution in [0.2, 0.25) is 0 Å². The van der Waals surface area contributed by atoms with Crippen LogP contribution in [0.4, 0.5) is 0 Å². The van der Waals surface area contributed by atoms with Crippen molar-refractivity contribution in [2.24, 2.45) is 5.92 Å². The summed E-state index contributed by atoms with van der Waals surface area (Å²) in [5.41, 5.74) is 1.63. The minimum Gasteiger partial charge on any atom is -0.491 e. The molecule has 1 aromatic carbocycles. The zero-order chi connectivity index (χ0) is 16.4. The van der Waals surface area contributed by atoms with E-state index in [0.29, 0.717) is 19.8 Å². The smallest absolute Gasteiger partial charge is 0.119 e. The Hall–Kier alpha value is -1.06. The standard InChI is InChI=1S/C19H32O3/c1-5-19(4,11-10-16(2)3)17-6-8-18(9-7-17)22-15-14-21-13-12-20/h6-9,16,20H,5,10-15H2,1-4H3/t19-/m0/s1. The highest BCUT2D eigenvalue weighted by Gasteiger charge is 2.24. The molecule has 0 amide bonds. The third-order valence-electron chi connectivity index (χ3n) is 4.34. The number of rotatable bonds is 11. The van der Waals surface area contributed by atoms with Gasteiger partial charge in [-0.25, -0.2) is 0 Å². The van der Waals surface area contributed by atoms with Crippen LogP contribution in [0.1, 0.15) is 52.5 Å². The molecule has 0 heterocycles. The number of ether oxygens (including phenoxy) is 2. The van der Waals surface area contributed by atoms with E-state index in [1.165, 1.54) is 18.4 Å². The van der Waals surface area contributed by atoms with Crippen LogP contribution < -0.4 is 4.74 Å². The molecular formula is C19H32O3. The summed E-state index contributed by atoms with van der Waals surface area (Å²) in [4.78, 5) is 0. The molecule has 22 heavy (non-hydrogen) atoms. The molecule has 1 aromatic rings. The van der Waals surface area contributed by atoms with Crippen LogP contribution in [0.5, 0.6) is 5.75 Å². The molecule has 0 aromatic heterocycles. The summed E-state index contributed by atoms with van der Waals surface area (Å²) in [6.07, 6.45) is 3.62. The maximum absolute atomic E-state index is 8.62. The molecule has 1 N–H and O–H groups in total. The molecule has 0 aliphatic carbocycles. The third kappa shape index (κ3) is 6.37. The molecule has 126 valence electrons. The molecule has 0 fully saturated rings. The zero-order valence-electron chi connectivity index (χ0n) is 14.6. The molecule has 1 rings (SSSR count). The van der Waals surface area contributed by atoms with Crippen molar-refractivity contribution < 1.29 is 14.6 Å². The second-order valence-electron chi connectivity index (χ2n) is 6.56. The quantitative estimate of drug-likeness (QED) is 0.623. The second-order valence-corrected chi connectivity index (χ2v) is 6.56. The van der Waals surface area contributed by atoms with E-state index in [9.17, 15) is 0 Å². The van der Waals surface area contributed by atoms with E-state index < -0.39 is 0 Å². The molecule has 0 aliphatic heterocycles. The summed E-state index contributed by atoms with van der Waals surface area (Å²) in [6.45, 7) is 10.6. The summed E-state index contributed by atoms with van der Waals surface area (Å²) in [5.74, 6) is 1.62. The highest BCUT2D eigenvalue weighted by atomic mass is 16.5. The number of hydrogen-bond acceptors (Lipinski definition) is 3. The van der Waals surface area contributed by atoms with Gasteiger partial charge >= 0.3 is 0 Å². The van der Waals surface area contributed by atoms with Crippen molar-refractivity contribution >= 4 is 0 Å². The molecule has 3 heteroatoms. The fourth-order valence-electron chi connectivity index (χ4n) is 2.47. The molecule has 3 nitrogen and oxygen atoms in total. The minimum absolute atomic E-state index is 0.0562. The maximum Gasteiger partial charge on any atom is 0.119 e. The summed E-state index contributed by atoms with van der Waals surface area (Å²) >= 11 is 0. The van der Waals surface area contributed by atoms with E-state index in [1.807, 2.05) is 12.1 Å². The Morgan fingerprint density at radius 3 is 2.32 bits per heavy atom. The first-order chi connectivity index (χ1) is 10.5. The van der Waals surface area contributed by atoms with Crippen LogP contribution in [-0.4, -0.2) is 31.5 Å². The lowest BCUT2D eigenvalue weighted by Gasteiger charge is -2.30. The first-order valence-electron chi connectivity index (χ1n) is 8.43. The largest absolute Gasteiger partial charge is 0.491 e. The van der Waals surface area contributed by atoms with E-state index in [2.05, 4.69) is 39.8 Å². The van der Waals surface area contributed by atoms with Crippen molar-refractivity contribution in [3.63, 3.8) is 0 Å². The molecule has 0 radical (unpaired) electrons. The van der Waals surface area contributed by atoms with Crippen molar-refractivity contribution in [3.05, 3.63) is 29.8 Å². The molecular weight excluding hydrogens is 276 g/mol. The van der Waals surface area contributed by atoms with Gasteiger partial charge in [0, 0.05) is 0 Å². The topological polar surface area (TPSA) is 38.7 Å². The van der Waals surface area contributed by atoms with Gasteiger partial charge in [-0.2, -0.15) is 0 Å². The average molecular weight is 308 g/mol. The highest BCUT2D eigenvalue weighted by Crippen LogP contribution is 2.34. The van der Waals surface area contributed by atoms with Crippen LogP contribution in [0.3, 0.4) is 0 Å². The normalized spacial score (nSPS) is 14.1. The molecule has 0 aliphatic rings. The van der Waals surface area contributed by atoms with Gasteiger partial charge in [0.2, 0.25) is 0 Å². The fourth-order valence-corrected chi connectivity index (χ4v) is 2.47. The summed E-state index contributed by atoms with van der Waals surface area (Å²) in [7, 11) is 0. The lowest BCUT2D eigenvalue weighted by Crippen LogP contribution is -2.21. The van der Waals surface area contributed by atoms with Gasteiger partial charge in [-0.3, -0.25) is 0 Å².